The number of nitrogens with zero attached hydrogens (tertiary/aromatic N) is 1. The van der Waals surface area contributed by atoms with Crippen LogP contribution in [0, 0.1) is 5.92 Å². The van der Waals surface area contributed by atoms with Crippen LogP contribution < -0.4 is 0 Å². The van der Waals surface area contributed by atoms with E-state index in [1.54, 1.807) is 11.8 Å². The quantitative estimate of drug-likeness (QED) is 0.824. The summed E-state index contributed by atoms with van der Waals surface area (Å²) >= 11 is 0. The number of fused-ring (bicyclic) bond motifs is 1. The fourth-order valence-corrected chi connectivity index (χ4v) is 4.24. The van der Waals surface area contributed by atoms with Crippen LogP contribution in [0.5, 0.6) is 0 Å². The molecule has 2 aliphatic rings. The zero-order chi connectivity index (χ0) is 19.7. The Morgan fingerprint density at radius 2 is 1.75 bits per heavy atom. The number of piperidine rings is 1. The van der Waals surface area contributed by atoms with Gasteiger partial charge in [-0.15, -0.1) is 0 Å². The number of aliphatic hydroxyl groups is 2. The van der Waals surface area contributed by atoms with E-state index in [1.165, 1.54) is 0 Å². The summed E-state index contributed by atoms with van der Waals surface area (Å²) in [5.41, 5.74) is 0.903. The Morgan fingerprint density at radius 3 is 2.43 bits per heavy atom. The lowest BCUT2D eigenvalue weighted by molar-refractivity contribution is -0.220. The van der Waals surface area contributed by atoms with Crippen molar-refractivity contribution in [3.05, 3.63) is 71.8 Å². The summed E-state index contributed by atoms with van der Waals surface area (Å²) in [5, 5.41) is 21.0. The maximum absolute atomic E-state index is 12.8. The maximum atomic E-state index is 12.8. The fraction of sp³-hybridized carbons (Fsp3) is 0.409. The molecule has 28 heavy (non-hydrogen) atoms. The molecule has 2 aromatic carbocycles. The SMILES string of the molecule is C[C@@]12OC[C@@H](c3ccccc3)N1C(=O)[C@@H](O)[C@@H](O)[C@H]2COCc1ccccc1. The first-order chi connectivity index (χ1) is 13.5. The van der Waals surface area contributed by atoms with E-state index in [0.29, 0.717) is 13.2 Å². The molecular formula is C22H25NO5. The Kier molecular flexibility index (Phi) is 5.21. The van der Waals surface area contributed by atoms with Crippen LogP contribution in [0.1, 0.15) is 24.1 Å². The highest BCUT2D eigenvalue weighted by Gasteiger charge is 2.60. The smallest absolute Gasteiger partial charge is 0.256 e. The lowest BCUT2D eigenvalue weighted by Gasteiger charge is -2.49. The first-order valence-electron chi connectivity index (χ1n) is 9.52. The normalized spacial score (nSPS) is 32.4. The Balaban J connectivity index is 1.56. The van der Waals surface area contributed by atoms with E-state index in [0.717, 1.165) is 11.1 Å². The number of rotatable bonds is 5. The Hall–Kier alpha value is -2.25. The van der Waals surface area contributed by atoms with Gasteiger partial charge in [0.05, 0.1) is 37.9 Å². The molecule has 0 aromatic heterocycles. The molecule has 2 fully saturated rings. The van der Waals surface area contributed by atoms with Gasteiger partial charge in [0.1, 0.15) is 5.72 Å². The molecule has 4 rings (SSSR count). The van der Waals surface area contributed by atoms with Crippen LogP contribution >= 0.6 is 0 Å². The van der Waals surface area contributed by atoms with Crippen molar-refractivity contribution in [1.82, 2.24) is 4.90 Å². The molecule has 2 heterocycles. The van der Waals surface area contributed by atoms with Crippen LogP contribution in [0.2, 0.25) is 0 Å². The first kappa shape index (κ1) is 19.1. The molecule has 2 aromatic rings. The highest BCUT2D eigenvalue weighted by Crippen LogP contribution is 2.46. The first-order valence-corrected chi connectivity index (χ1v) is 9.52. The lowest BCUT2D eigenvalue weighted by Crippen LogP contribution is -2.67. The van der Waals surface area contributed by atoms with Gasteiger partial charge in [0, 0.05) is 0 Å². The number of ether oxygens (including phenoxy) is 2. The maximum Gasteiger partial charge on any atom is 0.256 e. The summed E-state index contributed by atoms with van der Waals surface area (Å²) in [5.74, 6) is -1.08. The number of hydrogen-bond donors (Lipinski definition) is 2. The van der Waals surface area contributed by atoms with Gasteiger partial charge in [-0.3, -0.25) is 4.79 Å². The van der Waals surface area contributed by atoms with Crippen molar-refractivity contribution in [1.29, 1.82) is 0 Å². The number of carbonyl (C=O) groups excluding carboxylic acids is 1. The summed E-state index contributed by atoms with van der Waals surface area (Å²) < 4.78 is 11.9. The standard InChI is InChI=1S/C22H25NO5/c1-22-17(13-27-12-15-8-4-2-5-9-15)19(24)20(25)21(26)23(22)18(14-28-22)16-10-6-3-7-11-16/h2-11,17-20,24-25H,12-14H2,1H3/t17-,18+,19+,20+,22+/m1/s1. The van der Waals surface area contributed by atoms with Crippen LogP contribution in [-0.2, 0) is 20.9 Å². The number of carbonyl (C=O) groups is 1. The van der Waals surface area contributed by atoms with E-state index >= 15 is 0 Å². The number of hydrogen-bond acceptors (Lipinski definition) is 5. The van der Waals surface area contributed by atoms with E-state index in [1.807, 2.05) is 60.7 Å². The number of benzene rings is 2. The summed E-state index contributed by atoms with van der Waals surface area (Å²) in [6.45, 7) is 2.64. The minimum atomic E-state index is -1.49. The Morgan fingerprint density at radius 1 is 1.11 bits per heavy atom. The van der Waals surface area contributed by atoms with Crippen molar-refractivity contribution in [2.75, 3.05) is 13.2 Å². The van der Waals surface area contributed by atoms with Crippen molar-refractivity contribution in [2.24, 2.45) is 5.92 Å². The van der Waals surface area contributed by atoms with Crippen LogP contribution in [0.4, 0.5) is 0 Å². The molecule has 6 nitrogen and oxygen atoms in total. The topological polar surface area (TPSA) is 79.2 Å². The van der Waals surface area contributed by atoms with Gasteiger partial charge in [0.2, 0.25) is 0 Å². The molecule has 0 aliphatic carbocycles. The molecule has 2 saturated heterocycles. The molecular weight excluding hydrogens is 358 g/mol. The molecule has 6 heteroatoms. The largest absolute Gasteiger partial charge is 0.389 e. The van der Waals surface area contributed by atoms with Gasteiger partial charge in [-0.2, -0.15) is 0 Å². The van der Waals surface area contributed by atoms with Gasteiger partial charge in [-0.1, -0.05) is 60.7 Å². The monoisotopic (exact) mass is 383 g/mol. The molecule has 0 radical (unpaired) electrons. The zero-order valence-corrected chi connectivity index (χ0v) is 15.8. The van der Waals surface area contributed by atoms with Gasteiger partial charge in [0.15, 0.2) is 6.10 Å². The minimum absolute atomic E-state index is 0.162. The summed E-state index contributed by atoms with van der Waals surface area (Å²) in [6.07, 6.45) is -2.75. The lowest BCUT2D eigenvalue weighted by atomic mass is 9.82. The third-order valence-corrected chi connectivity index (χ3v) is 5.83. The fourth-order valence-electron chi connectivity index (χ4n) is 4.24. The highest BCUT2D eigenvalue weighted by molar-refractivity contribution is 5.84. The third-order valence-electron chi connectivity index (χ3n) is 5.83. The van der Waals surface area contributed by atoms with Crippen molar-refractivity contribution < 1.29 is 24.5 Å². The van der Waals surface area contributed by atoms with Crippen LogP contribution in [0.3, 0.4) is 0 Å². The average Bonchev–Trinajstić information content (AvgIpc) is 3.09. The van der Waals surface area contributed by atoms with Gasteiger partial charge < -0.3 is 24.6 Å². The van der Waals surface area contributed by atoms with E-state index in [-0.39, 0.29) is 12.6 Å². The number of amides is 1. The van der Waals surface area contributed by atoms with Crippen molar-refractivity contribution >= 4 is 5.91 Å². The summed E-state index contributed by atoms with van der Waals surface area (Å²) in [4.78, 5) is 14.4. The van der Waals surface area contributed by atoms with Crippen molar-refractivity contribution in [3.63, 3.8) is 0 Å². The molecule has 0 bridgehead atoms. The van der Waals surface area contributed by atoms with E-state index in [4.69, 9.17) is 9.47 Å². The van der Waals surface area contributed by atoms with Gasteiger partial charge >= 0.3 is 0 Å². The van der Waals surface area contributed by atoms with E-state index in [9.17, 15) is 15.0 Å². The molecule has 0 unspecified atom stereocenters. The molecule has 5 atom stereocenters. The Bertz CT molecular complexity index is 814. The van der Waals surface area contributed by atoms with Crippen molar-refractivity contribution in [2.45, 2.75) is 37.5 Å². The molecule has 1 amide bonds. The van der Waals surface area contributed by atoms with Crippen LogP contribution in [-0.4, -0.2) is 52.2 Å². The zero-order valence-electron chi connectivity index (χ0n) is 15.8. The molecule has 0 saturated carbocycles. The molecule has 148 valence electrons. The number of aliphatic hydroxyl groups excluding tert-OH is 2. The molecule has 0 spiro atoms. The van der Waals surface area contributed by atoms with Gasteiger partial charge in [-0.25, -0.2) is 0 Å². The van der Waals surface area contributed by atoms with E-state index in [2.05, 4.69) is 0 Å². The van der Waals surface area contributed by atoms with Crippen LogP contribution in [0.25, 0.3) is 0 Å². The van der Waals surface area contributed by atoms with Crippen molar-refractivity contribution in [3.8, 4) is 0 Å². The Labute approximate surface area is 164 Å². The predicted molar refractivity (Wildman–Crippen MR) is 102 cm³/mol. The van der Waals surface area contributed by atoms with Gasteiger partial charge in [-0.05, 0) is 18.1 Å². The highest BCUT2D eigenvalue weighted by atomic mass is 16.5. The summed E-state index contributed by atoms with van der Waals surface area (Å²) in [7, 11) is 0. The predicted octanol–water partition coefficient (Wildman–Crippen LogP) is 1.87. The van der Waals surface area contributed by atoms with Gasteiger partial charge in [0.25, 0.3) is 5.91 Å². The third kappa shape index (κ3) is 3.22. The minimum Gasteiger partial charge on any atom is -0.389 e. The second-order valence-corrected chi connectivity index (χ2v) is 7.54. The molecule has 2 aliphatic heterocycles. The average molecular weight is 383 g/mol. The summed E-state index contributed by atoms with van der Waals surface area (Å²) in [6, 6.07) is 19.0. The second kappa shape index (κ2) is 7.64. The second-order valence-electron chi connectivity index (χ2n) is 7.54. The molecule has 2 N–H and O–H groups in total. The van der Waals surface area contributed by atoms with E-state index < -0.39 is 29.8 Å². The van der Waals surface area contributed by atoms with Crippen LogP contribution in [0.15, 0.2) is 60.7 Å².